The fourth-order valence-corrected chi connectivity index (χ4v) is 2.33. The molecule has 0 radical (unpaired) electrons. The van der Waals surface area contributed by atoms with Crippen molar-refractivity contribution in [3.63, 3.8) is 0 Å². The maximum Gasteiger partial charge on any atom is 0.272 e. The van der Waals surface area contributed by atoms with E-state index in [1.807, 2.05) is 20.8 Å². The molecule has 2 N–H and O–H groups in total. The van der Waals surface area contributed by atoms with Gasteiger partial charge in [-0.25, -0.2) is 0 Å². The number of nitrogens with one attached hydrogen (secondary N) is 2. The molecule has 2 amide bonds. The normalized spacial score (nSPS) is 18.9. The summed E-state index contributed by atoms with van der Waals surface area (Å²) in [6, 6.07) is -0.505. The lowest BCUT2D eigenvalue weighted by atomic mass is 10.0. The maximum atomic E-state index is 12.2. The number of nitrogens with zero attached hydrogens (tertiary/aromatic N) is 2. The Bertz CT molecular complexity index is 519. The van der Waals surface area contributed by atoms with Crippen LogP contribution >= 0.6 is 0 Å². The van der Waals surface area contributed by atoms with Gasteiger partial charge in [0.25, 0.3) is 5.91 Å². The Kier molecular flexibility index (Phi) is 3.59. The summed E-state index contributed by atoms with van der Waals surface area (Å²) in [7, 11) is 1.72. The summed E-state index contributed by atoms with van der Waals surface area (Å²) >= 11 is 0. The highest BCUT2D eigenvalue weighted by molar-refractivity contribution is 6.09. The highest BCUT2D eigenvalue weighted by atomic mass is 16.2. The van der Waals surface area contributed by atoms with Gasteiger partial charge >= 0.3 is 0 Å². The minimum absolute atomic E-state index is 0.0425. The van der Waals surface area contributed by atoms with E-state index in [0.717, 1.165) is 18.5 Å². The Balaban J connectivity index is 2.45. The Morgan fingerprint density at radius 1 is 1.37 bits per heavy atom. The van der Waals surface area contributed by atoms with Gasteiger partial charge in [0, 0.05) is 7.05 Å². The second-order valence-electron chi connectivity index (χ2n) is 5.23. The Morgan fingerprint density at radius 3 is 2.63 bits per heavy atom. The number of amides is 2. The highest BCUT2D eigenvalue weighted by Gasteiger charge is 2.33. The molecule has 0 saturated carbocycles. The molecule has 0 bridgehead atoms. The van der Waals surface area contributed by atoms with Crippen LogP contribution in [0.5, 0.6) is 0 Å². The van der Waals surface area contributed by atoms with Crippen molar-refractivity contribution in [1.82, 2.24) is 15.1 Å². The molecule has 0 aliphatic carbocycles. The van der Waals surface area contributed by atoms with Crippen LogP contribution in [0, 0.1) is 5.92 Å². The SMILES string of the molecule is CCCc1nn(C)c2c1NC(=O)[C@H](C(C)C)NC2=O. The summed E-state index contributed by atoms with van der Waals surface area (Å²) in [6.45, 7) is 5.86. The van der Waals surface area contributed by atoms with Gasteiger partial charge in [-0.05, 0) is 12.3 Å². The molecule has 2 heterocycles. The summed E-state index contributed by atoms with van der Waals surface area (Å²) in [6.07, 6.45) is 1.65. The van der Waals surface area contributed by atoms with Gasteiger partial charge in [0.1, 0.15) is 11.7 Å². The van der Waals surface area contributed by atoms with E-state index in [1.54, 1.807) is 11.7 Å². The zero-order valence-corrected chi connectivity index (χ0v) is 11.8. The van der Waals surface area contributed by atoms with Crippen LogP contribution in [0.25, 0.3) is 0 Å². The first-order valence-electron chi connectivity index (χ1n) is 6.63. The number of rotatable bonds is 3. The standard InChI is InChI=1S/C13H20N4O2/c1-5-6-8-10-11(17(4)16-8)13(19)14-9(7(2)3)12(18)15-10/h7,9H,5-6H2,1-4H3,(H,14,19)(H,15,18)/t9-/m0/s1. The topological polar surface area (TPSA) is 76.0 Å². The first-order chi connectivity index (χ1) is 8.95. The Labute approximate surface area is 112 Å². The van der Waals surface area contributed by atoms with Crippen molar-refractivity contribution in [2.75, 3.05) is 5.32 Å². The van der Waals surface area contributed by atoms with E-state index >= 15 is 0 Å². The van der Waals surface area contributed by atoms with Crippen molar-refractivity contribution in [2.24, 2.45) is 13.0 Å². The lowest BCUT2D eigenvalue weighted by molar-refractivity contribution is -0.118. The molecule has 19 heavy (non-hydrogen) atoms. The minimum Gasteiger partial charge on any atom is -0.339 e. The second kappa shape index (κ2) is 5.03. The first kappa shape index (κ1) is 13.6. The summed E-state index contributed by atoms with van der Waals surface area (Å²) in [5, 5.41) is 9.94. The number of carbonyl (C=O) groups excluding carboxylic acids is 2. The molecule has 1 aromatic rings. The number of fused-ring (bicyclic) bond motifs is 1. The van der Waals surface area contributed by atoms with Gasteiger partial charge in [0.2, 0.25) is 5.91 Å². The van der Waals surface area contributed by atoms with Gasteiger partial charge in [-0.3, -0.25) is 14.3 Å². The third-order valence-electron chi connectivity index (χ3n) is 3.31. The summed E-state index contributed by atoms with van der Waals surface area (Å²) in [4.78, 5) is 24.4. The monoisotopic (exact) mass is 264 g/mol. The average Bonchev–Trinajstić information content (AvgIpc) is 2.53. The number of carbonyl (C=O) groups is 2. The molecule has 0 fully saturated rings. The molecule has 6 nitrogen and oxygen atoms in total. The molecule has 6 heteroatoms. The van der Waals surface area contributed by atoms with Gasteiger partial charge in [-0.2, -0.15) is 5.10 Å². The smallest absolute Gasteiger partial charge is 0.272 e. The van der Waals surface area contributed by atoms with Crippen LogP contribution in [-0.2, 0) is 18.3 Å². The lowest BCUT2D eigenvalue weighted by Gasteiger charge is -2.18. The molecule has 1 aliphatic heterocycles. The second-order valence-corrected chi connectivity index (χ2v) is 5.23. The largest absolute Gasteiger partial charge is 0.339 e. The average molecular weight is 264 g/mol. The molecular weight excluding hydrogens is 244 g/mol. The van der Waals surface area contributed by atoms with Crippen LogP contribution in [-0.4, -0.2) is 27.6 Å². The molecule has 0 spiro atoms. The molecular formula is C13H20N4O2. The van der Waals surface area contributed by atoms with E-state index in [1.165, 1.54) is 0 Å². The molecule has 0 unspecified atom stereocenters. The van der Waals surface area contributed by atoms with Gasteiger partial charge < -0.3 is 10.6 Å². The van der Waals surface area contributed by atoms with Crippen LogP contribution < -0.4 is 10.6 Å². The Hall–Kier alpha value is -1.85. The molecule has 2 rings (SSSR count). The van der Waals surface area contributed by atoms with E-state index in [0.29, 0.717) is 11.4 Å². The predicted octanol–water partition coefficient (Wildman–Crippen LogP) is 1.08. The van der Waals surface area contributed by atoms with Crippen molar-refractivity contribution >= 4 is 17.5 Å². The van der Waals surface area contributed by atoms with Gasteiger partial charge in [-0.1, -0.05) is 27.2 Å². The maximum absolute atomic E-state index is 12.2. The Morgan fingerprint density at radius 2 is 2.05 bits per heavy atom. The zero-order chi connectivity index (χ0) is 14.2. The van der Waals surface area contributed by atoms with Crippen molar-refractivity contribution < 1.29 is 9.59 Å². The van der Waals surface area contributed by atoms with Crippen LogP contribution in [0.15, 0.2) is 0 Å². The molecule has 0 saturated heterocycles. The number of anilines is 1. The molecule has 1 aromatic heterocycles. The predicted molar refractivity (Wildman–Crippen MR) is 71.9 cm³/mol. The molecule has 104 valence electrons. The quantitative estimate of drug-likeness (QED) is 0.857. The minimum atomic E-state index is -0.505. The van der Waals surface area contributed by atoms with E-state index in [2.05, 4.69) is 15.7 Å². The number of aryl methyl sites for hydroxylation is 2. The molecule has 1 atom stereocenters. The fraction of sp³-hybridized carbons (Fsp3) is 0.615. The van der Waals surface area contributed by atoms with Crippen molar-refractivity contribution in [2.45, 2.75) is 39.7 Å². The van der Waals surface area contributed by atoms with E-state index in [-0.39, 0.29) is 17.7 Å². The van der Waals surface area contributed by atoms with Crippen molar-refractivity contribution in [1.29, 1.82) is 0 Å². The van der Waals surface area contributed by atoms with Gasteiger partial charge in [0.05, 0.1) is 11.4 Å². The highest BCUT2D eigenvalue weighted by Crippen LogP contribution is 2.25. The molecule has 0 aromatic carbocycles. The van der Waals surface area contributed by atoms with Crippen LogP contribution in [0.1, 0.15) is 43.4 Å². The summed E-state index contributed by atoms with van der Waals surface area (Å²) in [5.74, 6) is -0.377. The summed E-state index contributed by atoms with van der Waals surface area (Å²) in [5.41, 5.74) is 1.77. The van der Waals surface area contributed by atoms with Crippen LogP contribution in [0.2, 0.25) is 0 Å². The number of hydrogen-bond donors (Lipinski definition) is 2. The van der Waals surface area contributed by atoms with Gasteiger partial charge in [-0.15, -0.1) is 0 Å². The van der Waals surface area contributed by atoms with E-state index < -0.39 is 6.04 Å². The fourth-order valence-electron chi connectivity index (χ4n) is 2.33. The van der Waals surface area contributed by atoms with Crippen molar-refractivity contribution in [3.8, 4) is 0 Å². The number of aromatic nitrogens is 2. The first-order valence-corrected chi connectivity index (χ1v) is 6.63. The third-order valence-corrected chi connectivity index (χ3v) is 3.31. The van der Waals surface area contributed by atoms with Crippen molar-refractivity contribution in [3.05, 3.63) is 11.4 Å². The number of hydrogen-bond acceptors (Lipinski definition) is 3. The van der Waals surface area contributed by atoms with Gasteiger partial charge in [0.15, 0.2) is 0 Å². The zero-order valence-electron chi connectivity index (χ0n) is 11.8. The lowest BCUT2D eigenvalue weighted by Crippen LogP contribution is -2.45. The third kappa shape index (κ3) is 2.34. The molecule has 1 aliphatic rings. The van der Waals surface area contributed by atoms with Crippen LogP contribution in [0.4, 0.5) is 5.69 Å². The van der Waals surface area contributed by atoms with E-state index in [4.69, 9.17) is 0 Å². The summed E-state index contributed by atoms with van der Waals surface area (Å²) < 4.78 is 1.54. The van der Waals surface area contributed by atoms with Crippen LogP contribution in [0.3, 0.4) is 0 Å². The van der Waals surface area contributed by atoms with E-state index in [9.17, 15) is 9.59 Å².